The summed E-state index contributed by atoms with van der Waals surface area (Å²) >= 11 is 0.836. The molecule has 1 rings (SSSR count). The molecule has 0 amide bonds. The van der Waals surface area contributed by atoms with Crippen LogP contribution in [0.4, 0.5) is 0 Å². The molecule has 1 aliphatic heterocycles. The number of nitrogens with one attached hydrogen (secondary N) is 1. The van der Waals surface area contributed by atoms with Crippen molar-refractivity contribution in [2.75, 3.05) is 0 Å². The molecule has 48 valence electrons. The molecule has 0 radical (unpaired) electrons. The number of hydrogen-bond acceptors (Lipinski definition) is 4. The maximum absolute atomic E-state index is 9.94. The molecule has 0 aliphatic carbocycles. The molecule has 5 nitrogen and oxygen atoms in total. The van der Waals surface area contributed by atoms with Gasteiger partial charge in [-0.3, -0.25) is 15.5 Å². The standard InChI is InChI=1S/C3H3N3O2S/c4-3-5-1-2(9-3)6(7)8/h1-2,4H. The Kier molecular flexibility index (Phi) is 1.48. The Morgan fingerprint density at radius 1 is 2.00 bits per heavy atom. The molecule has 0 aromatic heterocycles. The van der Waals surface area contributed by atoms with E-state index in [0.717, 1.165) is 18.0 Å². The van der Waals surface area contributed by atoms with E-state index in [9.17, 15) is 10.1 Å². The van der Waals surface area contributed by atoms with E-state index in [1.165, 1.54) is 0 Å². The highest BCUT2D eigenvalue weighted by Crippen LogP contribution is 2.17. The van der Waals surface area contributed by atoms with Gasteiger partial charge in [0.25, 0.3) is 0 Å². The number of thioether (sulfide) groups is 1. The summed E-state index contributed by atoms with van der Waals surface area (Å²) in [5, 5.41) is 16.0. The third-order valence-electron chi connectivity index (χ3n) is 0.759. The van der Waals surface area contributed by atoms with E-state index in [0.29, 0.717) is 0 Å². The van der Waals surface area contributed by atoms with Gasteiger partial charge in [0, 0.05) is 4.92 Å². The number of aliphatic imine (C=N–C) groups is 1. The first-order chi connectivity index (χ1) is 4.20. The maximum Gasteiger partial charge on any atom is 0.300 e. The molecule has 1 heterocycles. The zero-order valence-electron chi connectivity index (χ0n) is 4.27. The molecule has 0 aromatic carbocycles. The predicted octanol–water partition coefficient (Wildman–Crippen LogP) is 0.342. The van der Waals surface area contributed by atoms with Crippen molar-refractivity contribution in [3.8, 4) is 0 Å². The van der Waals surface area contributed by atoms with Gasteiger partial charge in [-0.15, -0.1) is 0 Å². The van der Waals surface area contributed by atoms with Crippen LogP contribution in [0.15, 0.2) is 4.99 Å². The Bertz CT molecular complexity index is 189. The van der Waals surface area contributed by atoms with Crippen molar-refractivity contribution in [3.05, 3.63) is 10.1 Å². The van der Waals surface area contributed by atoms with E-state index in [-0.39, 0.29) is 5.17 Å². The second-order valence-corrected chi connectivity index (χ2v) is 2.48. The van der Waals surface area contributed by atoms with Crippen LogP contribution >= 0.6 is 11.8 Å². The van der Waals surface area contributed by atoms with Gasteiger partial charge in [0.05, 0.1) is 6.21 Å². The minimum Gasteiger partial charge on any atom is -0.277 e. The molecule has 1 N–H and O–H groups in total. The second kappa shape index (κ2) is 2.14. The molecule has 0 bridgehead atoms. The van der Waals surface area contributed by atoms with Gasteiger partial charge in [0.2, 0.25) is 0 Å². The van der Waals surface area contributed by atoms with Gasteiger partial charge >= 0.3 is 5.37 Å². The highest BCUT2D eigenvalue weighted by molar-refractivity contribution is 8.15. The lowest BCUT2D eigenvalue weighted by Gasteiger charge is -1.91. The monoisotopic (exact) mass is 145 g/mol. The van der Waals surface area contributed by atoms with Crippen LogP contribution in [0.1, 0.15) is 0 Å². The molecule has 6 heteroatoms. The van der Waals surface area contributed by atoms with Crippen LogP contribution in [0.25, 0.3) is 0 Å². The summed E-state index contributed by atoms with van der Waals surface area (Å²) in [4.78, 5) is 12.9. The second-order valence-electron chi connectivity index (χ2n) is 1.38. The van der Waals surface area contributed by atoms with E-state index < -0.39 is 10.3 Å². The largest absolute Gasteiger partial charge is 0.300 e. The first-order valence-electron chi connectivity index (χ1n) is 2.13. The first-order valence-corrected chi connectivity index (χ1v) is 3.01. The molecule has 0 saturated carbocycles. The molecule has 0 spiro atoms. The Morgan fingerprint density at radius 2 is 2.67 bits per heavy atom. The van der Waals surface area contributed by atoms with Crippen molar-refractivity contribution in [2.24, 2.45) is 4.99 Å². The van der Waals surface area contributed by atoms with E-state index in [2.05, 4.69) is 4.99 Å². The van der Waals surface area contributed by atoms with Gasteiger partial charge in [0.15, 0.2) is 5.17 Å². The van der Waals surface area contributed by atoms with Gasteiger partial charge < -0.3 is 0 Å². The summed E-state index contributed by atoms with van der Waals surface area (Å²) in [5.41, 5.74) is 0. The summed E-state index contributed by atoms with van der Waals surface area (Å²) in [6.07, 6.45) is 1.16. The zero-order chi connectivity index (χ0) is 6.85. The molecule has 0 aromatic rings. The molecule has 0 fully saturated rings. The zero-order valence-corrected chi connectivity index (χ0v) is 5.09. The van der Waals surface area contributed by atoms with E-state index >= 15 is 0 Å². The fraction of sp³-hybridized carbons (Fsp3) is 0.333. The first kappa shape index (κ1) is 6.21. The van der Waals surface area contributed by atoms with E-state index in [4.69, 9.17) is 5.41 Å². The van der Waals surface area contributed by atoms with Gasteiger partial charge in [-0.1, -0.05) is 0 Å². The molecule has 0 saturated heterocycles. The minimum absolute atomic E-state index is 0.0108. The van der Waals surface area contributed by atoms with E-state index in [1.54, 1.807) is 0 Å². The van der Waals surface area contributed by atoms with Gasteiger partial charge in [0.1, 0.15) is 0 Å². The summed E-state index contributed by atoms with van der Waals surface area (Å²) in [7, 11) is 0. The quantitative estimate of drug-likeness (QED) is 0.426. The van der Waals surface area contributed by atoms with Crippen LogP contribution in [0.2, 0.25) is 0 Å². The minimum atomic E-state index is -0.836. The molecular weight excluding hydrogens is 142 g/mol. The SMILES string of the molecule is N=C1N=CC([N+](=O)[O-])S1. The lowest BCUT2D eigenvalue weighted by Crippen LogP contribution is -2.13. The third-order valence-corrected chi connectivity index (χ3v) is 1.62. The average molecular weight is 145 g/mol. The van der Waals surface area contributed by atoms with Crippen LogP contribution in [0, 0.1) is 15.5 Å². The normalized spacial score (nSPS) is 24.9. The van der Waals surface area contributed by atoms with Gasteiger partial charge in [-0.05, 0) is 11.8 Å². The molecule has 1 unspecified atom stereocenters. The van der Waals surface area contributed by atoms with Gasteiger partial charge in [-0.25, -0.2) is 4.99 Å². The maximum atomic E-state index is 9.94. The number of nitrogens with zero attached hydrogens (tertiary/aromatic N) is 2. The lowest BCUT2D eigenvalue weighted by molar-refractivity contribution is -0.475. The van der Waals surface area contributed by atoms with Gasteiger partial charge in [-0.2, -0.15) is 0 Å². The highest BCUT2D eigenvalue weighted by atomic mass is 32.2. The average Bonchev–Trinajstić information content (AvgIpc) is 2.14. The van der Waals surface area contributed by atoms with Crippen molar-refractivity contribution < 1.29 is 4.92 Å². The number of amidine groups is 1. The van der Waals surface area contributed by atoms with E-state index in [1.807, 2.05) is 0 Å². The van der Waals surface area contributed by atoms with Crippen molar-refractivity contribution in [1.29, 1.82) is 5.41 Å². The Balaban J connectivity index is 2.60. The van der Waals surface area contributed by atoms with Crippen LogP contribution in [0.3, 0.4) is 0 Å². The predicted molar refractivity (Wildman–Crippen MR) is 34.6 cm³/mol. The third kappa shape index (κ3) is 1.26. The van der Waals surface area contributed by atoms with Crippen LogP contribution < -0.4 is 0 Å². The fourth-order valence-corrected chi connectivity index (χ4v) is 0.962. The lowest BCUT2D eigenvalue weighted by atomic mass is 10.7. The highest BCUT2D eigenvalue weighted by Gasteiger charge is 2.25. The van der Waals surface area contributed by atoms with Crippen LogP contribution in [0.5, 0.6) is 0 Å². The van der Waals surface area contributed by atoms with Crippen molar-refractivity contribution >= 4 is 23.1 Å². The fourth-order valence-electron chi connectivity index (χ4n) is 0.404. The molecule has 9 heavy (non-hydrogen) atoms. The summed E-state index contributed by atoms with van der Waals surface area (Å²) in [6, 6.07) is 0. The Morgan fingerprint density at radius 3 is 2.89 bits per heavy atom. The van der Waals surface area contributed by atoms with Crippen LogP contribution in [-0.2, 0) is 0 Å². The molecule has 1 atom stereocenters. The topological polar surface area (TPSA) is 79.3 Å². The Hall–Kier alpha value is -0.910. The Labute approximate surface area is 54.8 Å². The molecular formula is C3H3N3O2S. The summed E-state index contributed by atoms with van der Waals surface area (Å²) in [5.74, 6) is 0. The smallest absolute Gasteiger partial charge is 0.277 e. The summed E-state index contributed by atoms with van der Waals surface area (Å²) in [6.45, 7) is 0. The summed E-state index contributed by atoms with van der Waals surface area (Å²) < 4.78 is 0. The van der Waals surface area contributed by atoms with Crippen molar-refractivity contribution in [1.82, 2.24) is 0 Å². The number of hydrogen-bond donors (Lipinski definition) is 1. The van der Waals surface area contributed by atoms with Crippen LogP contribution in [-0.4, -0.2) is 21.7 Å². The number of rotatable bonds is 1. The van der Waals surface area contributed by atoms with Crippen molar-refractivity contribution in [3.63, 3.8) is 0 Å². The number of nitro groups is 1. The molecule has 1 aliphatic rings. The van der Waals surface area contributed by atoms with Crippen molar-refractivity contribution in [2.45, 2.75) is 5.37 Å².